The van der Waals surface area contributed by atoms with Crippen LogP contribution in [0, 0.1) is 5.82 Å². The number of piperidine rings is 1. The molecule has 2 aromatic heterocycles. The molecule has 1 atom stereocenters. The highest BCUT2D eigenvalue weighted by molar-refractivity contribution is 9.12. The number of hydrogen-bond acceptors (Lipinski definition) is 6. The first-order valence-corrected chi connectivity index (χ1v) is 11.9. The smallest absolute Gasteiger partial charge is 0.260 e. The van der Waals surface area contributed by atoms with E-state index in [1.807, 2.05) is 28.9 Å². The van der Waals surface area contributed by atoms with Crippen LogP contribution in [0.15, 0.2) is 65.9 Å². The number of aromatic nitrogens is 4. The molecule has 5 rings (SSSR count). The molecular formula is C25H22BrFN6O2. The van der Waals surface area contributed by atoms with E-state index < -0.39 is 0 Å². The van der Waals surface area contributed by atoms with Crippen molar-refractivity contribution in [1.29, 1.82) is 0 Å². The fourth-order valence-electron chi connectivity index (χ4n) is 4.28. The second kappa shape index (κ2) is 9.46. The van der Waals surface area contributed by atoms with Gasteiger partial charge in [0.25, 0.3) is 5.91 Å². The molecule has 0 aliphatic carbocycles. The van der Waals surface area contributed by atoms with E-state index in [9.17, 15) is 9.18 Å². The maximum absolute atomic E-state index is 13.1. The fourth-order valence-corrected chi connectivity index (χ4v) is 4.53. The third-order valence-electron chi connectivity index (χ3n) is 5.96. The Labute approximate surface area is 209 Å². The first kappa shape index (κ1) is 23.0. The van der Waals surface area contributed by atoms with Crippen LogP contribution in [-0.4, -0.2) is 43.6 Å². The number of halogens is 2. The molecule has 0 saturated carbocycles. The SMILES string of the molecule is C=C(Br)C(=O)N1CCC[C@@H](n2nc(-c3ccc(Oc4ccc(F)cc4)cc3)c3c(N)ncnc32)C1. The van der Waals surface area contributed by atoms with Gasteiger partial charge in [-0.05, 0) is 77.3 Å². The number of ether oxygens (including phenoxy) is 1. The molecule has 35 heavy (non-hydrogen) atoms. The summed E-state index contributed by atoms with van der Waals surface area (Å²) in [6.07, 6.45) is 3.11. The number of carbonyl (C=O) groups is 1. The van der Waals surface area contributed by atoms with Crippen molar-refractivity contribution in [3.05, 3.63) is 71.7 Å². The topological polar surface area (TPSA) is 99.2 Å². The molecule has 10 heteroatoms. The summed E-state index contributed by atoms with van der Waals surface area (Å²) in [7, 11) is 0. The number of benzene rings is 2. The second-order valence-corrected chi connectivity index (χ2v) is 9.24. The summed E-state index contributed by atoms with van der Waals surface area (Å²) in [5, 5.41) is 5.55. The Balaban J connectivity index is 1.48. The standard InChI is InChI=1S/C25H22BrFN6O2/c1-15(26)25(34)32-12-2-3-18(13-32)33-24-21(23(28)29-14-30-24)22(31-33)16-4-8-19(9-5-16)35-20-10-6-17(27)7-11-20/h4-11,14,18H,1-3,12-13H2,(H2,28,29,30)/t18-/m1/s1. The van der Waals surface area contributed by atoms with Crippen molar-refractivity contribution in [2.75, 3.05) is 18.8 Å². The van der Waals surface area contributed by atoms with Gasteiger partial charge in [-0.25, -0.2) is 19.0 Å². The summed E-state index contributed by atoms with van der Waals surface area (Å²) < 4.78 is 21.1. The van der Waals surface area contributed by atoms with Crippen LogP contribution in [0.5, 0.6) is 11.5 Å². The van der Waals surface area contributed by atoms with Crippen LogP contribution in [-0.2, 0) is 4.79 Å². The minimum absolute atomic E-state index is 0.0637. The number of rotatable bonds is 5. The number of anilines is 1. The summed E-state index contributed by atoms with van der Waals surface area (Å²) in [5.74, 6) is 1.02. The van der Waals surface area contributed by atoms with Gasteiger partial charge in [0.2, 0.25) is 0 Å². The lowest BCUT2D eigenvalue weighted by Gasteiger charge is -2.32. The molecular weight excluding hydrogens is 515 g/mol. The minimum Gasteiger partial charge on any atom is -0.457 e. The minimum atomic E-state index is -0.322. The Hall–Kier alpha value is -3.79. The Morgan fingerprint density at radius 3 is 2.49 bits per heavy atom. The van der Waals surface area contributed by atoms with E-state index in [4.69, 9.17) is 15.6 Å². The van der Waals surface area contributed by atoms with Crippen molar-refractivity contribution >= 4 is 38.7 Å². The summed E-state index contributed by atoms with van der Waals surface area (Å²) >= 11 is 3.19. The number of fused-ring (bicyclic) bond motifs is 1. The number of nitrogen functional groups attached to an aromatic ring is 1. The lowest BCUT2D eigenvalue weighted by molar-refractivity contribution is -0.127. The highest BCUT2D eigenvalue weighted by atomic mass is 79.9. The maximum Gasteiger partial charge on any atom is 0.260 e. The number of nitrogens with two attached hydrogens (primary N) is 1. The van der Waals surface area contributed by atoms with E-state index in [-0.39, 0.29) is 17.8 Å². The number of hydrogen-bond donors (Lipinski definition) is 1. The molecule has 0 bridgehead atoms. The van der Waals surface area contributed by atoms with Crippen molar-refractivity contribution in [3.63, 3.8) is 0 Å². The summed E-state index contributed by atoms with van der Waals surface area (Å²) in [4.78, 5) is 22.9. The van der Waals surface area contributed by atoms with E-state index in [2.05, 4.69) is 32.5 Å². The molecule has 0 spiro atoms. The zero-order valence-corrected chi connectivity index (χ0v) is 20.3. The van der Waals surface area contributed by atoms with E-state index in [1.165, 1.54) is 18.5 Å². The summed E-state index contributed by atoms with van der Waals surface area (Å²) in [6.45, 7) is 4.87. The molecule has 8 nitrogen and oxygen atoms in total. The van der Waals surface area contributed by atoms with Crippen LogP contribution < -0.4 is 10.5 Å². The van der Waals surface area contributed by atoms with Crippen molar-refractivity contribution in [3.8, 4) is 22.8 Å². The molecule has 1 saturated heterocycles. The number of likely N-dealkylation sites (tertiary alicyclic amines) is 1. The van der Waals surface area contributed by atoms with Crippen LogP contribution in [0.2, 0.25) is 0 Å². The van der Waals surface area contributed by atoms with Crippen LogP contribution in [0.3, 0.4) is 0 Å². The molecule has 2 aromatic carbocycles. The van der Waals surface area contributed by atoms with Gasteiger partial charge < -0.3 is 15.4 Å². The Kier molecular flexibility index (Phi) is 6.21. The third kappa shape index (κ3) is 4.61. The average molecular weight is 537 g/mol. The van der Waals surface area contributed by atoms with E-state index in [1.54, 1.807) is 17.0 Å². The van der Waals surface area contributed by atoms with Crippen LogP contribution >= 0.6 is 15.9 Å². The molecule has 0 unspecified atom stereocenters. The molecule has 178 valence electrons. The summed E-state index contributed by atoms with van der Waals surface area (Å²) in [6, 6.07) is 13.1. The molecule has 1 aliphatic heterocycles. The van der Waals surface area contributed by atoms with E-state index in [0.717, 1.165) is 18.4 Å². The molecule has 0 radical (unpaired) electrons. The first-order chi connectivity index (χ1) is 16.9. The Morgan fingerprint density at radius 1 is 1.11 bits per heavy atom. The zero-order chi connectivity index (χ0) is 24.5. The normalized spacial score (nSPS) is 15.8. The van der Waals surface area contributed by atoms with Gasteiger partial charge in [-0.15, -0.1) is 0 Å². The van der Waals surface area contributed by atoms with Gasteiger partial charge >= 0.3 is 0 Å². The van der Waals surface area contributed by atoms with Crippen LogP contribution in [0.1, 0.15) is 18.9 Å². The van der Waals surface area contributed by atoms with Crippen molar-refractivity contribution in [2.24, 2.45) is 0 Å². The number of nitrogens with zero attached hydrogens (tertiary/aromatic N) is 5. The maximum atomic E-state index is 13.1. The lowest BCUT2D eigenvalue weighted by Crippen LogP contribution is -2.41. The van der Waals surface area contributed by atoms with Gasteiger partial charge in [-0.1, -0.05) is 6.58 Å². The number of carbonyl (C=O) groups excluding carboxylic acids is 1. The largest absolute Gasteiger partial charge is 0.457 e. The number of amides is 1. The second-order valence-electron chi connectivity index (χ2n) is 8.28. The monoisotopic (exact) mass is 536 g/mol. The highest BCUT2D eigenvalue weighted by Crippen LogP contribution is 2.35. The molecule has 1 aliphatic rings. The van der Waals surface area contributed by atoms with Crippen LogP contribution in [0.25, 0.3) is 22.3 Å². The fraction of sp³-hybridized carbons (Fsp3) is 0.200. The zero-order valence-electron chi connectivity index (χ0n) is 18.7. The molecule has 3 heterocycles. The van der Waals surface area contributed by atoms with Crippen LogP contribution in [0.4, 0.5) is 10.2 Å². The molecule has 1 amide bonds. The van der Waals surface area contributed by atoms with E-state index in [0.29, 0.717) is 51.6 Å². The van der Waals surface area contributed by atoms with Gasteiger partial charge in [-0.2, -0.15) is 5.10 Å². The van der Waals surface area contributed by atoms with Gasteiger partial charge in [0, 0.05) is 18.7 Å². The predicted molar refractivity (Wildman–Crippen MR) is 135 cm³/mol. The third-order valence-corrected chi connectivity index (χ3v) is 6.30. The van der Waals surface area contributed by atoms with Crippen molar-refractivity contribution in [1.82, 2.24) is 24.6 Å². The summed E-state index contributed by atoms with van der Waals surface area (Å²) in [5.41, 5.74) is 8.35. The molecule has 4 aromatic rings. The van der Waals surface area contributed by atoms with E-state index >= 15 is 0 Å². The highest BCUT2D eigenvalue weighted by Gasteiger charge is 2.29. The van der Waals surface area contributed by atoms with Crippen molar-refractivity contribution < 1.29 is 13.9 Å². The molecule has 2 N–H and O–H groups in total. The van der Waals surface area contributed by atoms with Crippen molar-refractivity contribution in [2.45, 2.75) is 18.9 Å². The Morgan fingerprint density at radius 2 is 1.80 bits per heavy atom. The average Bonchev–Trinajstić information content (AvgIpc) is 3.26. The van der Waals surface area contributed by atoms with Gasteiger partial charge in [0.1, 0.15) is 35.2 Å². The predicted octanol–water partition coefficient (Wildman–Crippen LogP) is 5.08. The first-order valence-electron chi connectivity index (χ1n) is 11.1. The quantitative estimate of drug-likeness (QED) is 0.357. The van der Waals surface area contributed by atoms with Gasteiger partial charge in [0.05, 0.1) is 15.9 Å². The Bertz CT molecular complexity index is 1400. The lowest BCUT2D eigenvalue weighted by atomic mass is 10.1. The van der Waals surface area contributed by atoms with Gasteiger partial charge in [-0.3, -0.25) is 4.79 Å². The molecule has 1 fully saturated rings. The van der Waals surface area contributed by atoms with Gasteiger partial charge in [0.15, 0.2) is 5.65 Å².